The molecule has 1 unspecified atom stereocenters. The lowest BCUT2D eigenvalue weighted by molar-refractivity contribution is 0.122. The molecule has 8 heteroatoms. The van der Waals surface area contributed by atoms with E-state index in [1.807, 2.05) is 24.3 Å². The molecule has 0 saturated carbocycles. The summed E-state index contributed by atoms with van der Waals surface area (Å²) < 4.78 is 16.2. The number of benzene rings is 1. The Morgan fingerprint density at radius 3 is 2.89 bits per heavy atom. The molecular formula is C20H21N5O3. The van der Waals surface area contributed by atoms with Gasteiger partial charge in [-0.1, -0.05) is 17.3 Å². The molecule has 2 aromatic heterocycles. The average Bonchev–Trinajstić information content (AvgIpc) is 3.41. The fraction of sp³-hybridized carbons (Fsp3) is 0.350. The molecule has 8 nitrogen and oxygen atoms in total. The van der Waals surface area contributed by atoms with E-state index >= 15 is 0 Å². The van der Waals surface area contributed by atoms with Crippen molar-refractivity contribution in [2.75, 3.05) is 43.6 Å². The van der Waals surface area contributed by atoms with E-state index in [4.69, 9.17) is 14.0 Å². The largest absolute Gasteiger partial charge is 0.481 e. The molecule has 4 heterocycles. The van der Waals surface area contributed by atoms with Gasteiger partial charge in [-0.25, -0.2) is 0 Å². The van der Waals surface area contributed by atoms with Crippen LogP contribution in [0.15, 0.2) is 40.9 Å². The van der Waals surface area contributed by atoms with Gasteiger partial charge in [-0.05, 0) is 23.8 Å². The maximum atomic E-state index is 5.56. The summed E-state index contributed by atoms with van der Waals surface area (Å²) in [4.78, 5) is 11.4. The third-order valence-corrected chi connectivity index (χ3v) is 5.12. The molecule has 28 heavy (non-hydrogen) atoms. The lowest BCUT2D eigenvalue weighted by atomic mass is 10.1. The van der Waals surface area contributed by atoms with Gasteiger partial charge in [-0.3, -0.25) is 0 Å². The van der Waals surface area contributed by atoms with Crippen LogP contribution in [-0.4, -0.2) is 48.5 Å². The summed E-state index contributed by atoms with van der Waals surface area (Å²) in [7, 11) is 1.61. The Morgan fingerprint density at radius 1 is 1.14 bits per heavy atom. The molecule has 144 valence electrons. The van der Waals surface area contributed by atoms with Crippen LogP contribution < -0.4 is 15.0 Å². The van der Waals surface area contributed by atoms with E-state index in [2.05, 4.69) is 37.5 Å². The van der Waals surface area contributed by atoms with Crippen molar-refractivity contribution in [1.29, 1.82) is 0 Å². The summed E-state index contributed by atoms with van der Waals surface area (Å²) in [5.41, 5.74) is 3.20. The Morgan fingerprint density at radius 2 is 2.04 bits per heavy atom. The quantitative estimate of drug-likeness (QED) is 0.741. The molecule has 2 aliphatic heterocycles. The summed E-state index contributed by atoms with van der Waals surface area (Å²) in [5, 5.41) is 7.54. The number of pyridine rings is 1. The monoisotopic (exact) mass is 379 g/mol. The van der Waals surface area contributed by atoms with E-state index in [9.17, 15) is 0 Å². The molecule has 0 radical (unpaired) electrons. The van der Waals surface area contributed by atoms with Crippen molar-refractivity contribution >= 4 is 11.5 Å². The number of nitrogens with one attached hydrogen (secondary N) is 1. The number of methoxy groups -OCH3 is 1. The van der Waals surface area contributed by atoms with Gasteiger partial charge >= 0.3 is 0 Å². The molecule has 1 aromatic carbocycles. The fourth-order valence-corrected chi connectivity index (χ4v) is 3.62. The summed E-state index contributed by atoms with van der Waals surface area (Å²) >= 11 is 0. The predicted octanol–water partition coefficient (Wildman–Crippen LogP) is 2.69. The van der Waals surface area contributed by atoms with Crippen LogP contribution in [0.2, 0.25) is 0 Å². The Labute approximate surface area is 162 Å². The third kappa shape index (κ3) is 3.16. The maximum absolute atomic E-state index is 5.56. The third-order valence-electron chi connectivity index (χ3n) is 5.12. The molecule has 0 spiro atoms. The summed E-state index contributed by atoms with van der Waals surface area (Å²) in [6.07, 6.45) is 0.752. The highest BCUT2D eigenvalue weighted by atomic mass is 16.5. The number of nitrogens with zero attached hydrogens (tertiary/aromatic N) is 4. The van der Waals surface area contributed by atoms with Crippen LogP contribution in [0.3, 0.4) is 0 Å². The molecule has 0 bridgehead atoms. The first-order valence-corrected chi connectivity index (χ1v) is 9.37. The van der Waals surface area contributed by atoms with Gasteiger partial charge in [0.05, 0.1) is 20.3 Å². The highest BCUT2D eigenvalue weighted by molar-refractivity contribution is 5.63. The van der Waals surface area contributed by atoms with Gasteiger partial charge in [-0.15, -0.1) is 0 Å². The molecular weight excluding hydrogens is 358 g/mol. The van der Waals surface area contributed by atoms with Gasteiger partial charge in [0.15, 0.2) is 0 Å². The molecule has 5 rings (SSSR count). The minimum atomic E-state index is -0.0849. The molecule has 1 fully saturated rings. The van der Waals surface area contributed by atoms with Gasteiger partial charge in [0.25, 0.3) is 0 Å². The van der Waals surface area contributed by atoms with E-state index < -0.39 is 0 Å². The topological polar surface area (TPSA) is 85.5 Å². The van der Waals surface area contributed by atoms with Gasteiger partial charge in [0, 0.05) is 36.8 Å². The Balaban J connectivity index is 1.35. The zero-order valence-corrected chi connectivity index (χ0v) is 15.6. The fourth-order valence-electron chi connectivity index (χ4n) is 3.62. The number of aromatic nitrogens is 3. The Kier molecular flexibility index (Phi) is 4.32. The minimum absolute atomic E-state index is 0.0849. The molecule has 2 aliphatic rings. The minimum Gasteiger partial charge on any atom is -0.481 e. The van der Waals surface area contributed by atoms with Crippen LogP contribution in [-0.2, 0) is 11.2 Å². The number of fused-ring (bicyclic) bond motifs is 1. The van der Waals surface area contributed by atoms with E-state index in [0.29, 0.717) is 17.6 Å². The average molecular weight is 379 g/mol. The first kappa shape index (κ1) is 17.0. The van der Waals surface area contributed by atoms with E-state index in [1.165, 1.54) is 0 Å². The number of hydrogen-bond donors (Lipinski definition) is 1. The number of rotatable bonds is 4. The zero-order chi connectivity index (χ0) is 18.9. The molecule has 1 N–H and O–H groups in total. The lowest BCUT2D eigenvalue weighted by Crippen LogP contribution is -2.36. The van der Waals surface area contributed by atoms with Crippen molar-refractivity contribution < 1.29 is 14.0 Å². The van der Waals surface area contributed by atoms with Crippen LogP contribution in [0.25, 0.3) is 11.4 Å². The second-order valence-electron chi connectivity index (χ2n) is 6.87. The second kappa shape index (κ2) is 7.12. The molecule has 1 atom stereocenters. The first-order valence-electron chi connectivity index (χ1n) is 9.37. The number of ether oxygens (including phenoxy) is 2. The first-order chi connectivity index (χ1) is 13.8. The van der Waals surface area contributed by atoms with Crippen molar-refractivity contribution in [2.24, 2.45) is 0 Å². The van der Waals surface area contributed by atoms with E-state index in [0.717, 1.165) is 55.4 Å². The van der Waals surface area contributed by atoms with Crippen molar-refractivity contribution in [2.45, 2.75) is 12.5 Å². The van der Waals surface area contributed by atoms with Crippen LogP contribution >= 0.6 is 0 Å². The normalized spacial score (nSPS) is 18.6. The summed E-state index contributed by atoms with van der Waals surface area (Å²) in [5.74, 6) is 2.54. The Bertz CT molecular complexity index is 983. The van der Waals surface area contributed by atoms with Crippen molar-refractivity contribution in [1.82, 2.24) is 15.1 Å². The standard InChI is InChI=1S/C20H21N5O3/c1-26-17-6-5-14-12-16(21-18(14)22-17)20-23-19(24-28-20)13-3-2-4-15(11-13)25-7-9-27-10-8-25/h2-6,11,16H,7-10,12H2,1H3,(H,21,22). The predicted molar refractivity (Wildman–Crippen MR) is 104 cm³/mol. The Hall–Kier alpha value is -3.13. The smallest absolute Gasteiger partial charge is 0.249 e. The van der Waals surface area contributed by atoms with Gasteiger partial charge in [-0.2, -0.15) is 9.97 Å². The number of anilines is 2. The number of hydrogen-bond acceptors (Lipinski definition) is 8. The van der Waals surface area contributed by atoms with Crippen LogP contribution in [0.5, 0.6) is 5.88 Å². The van der Waals surface area contributed by atoms with Crippen molar-refractivity contribution in [3.05, 3.63) is 47.9 Å². The highest BCUT2D eigenvalue weighted by Crippen LogP contribution is 2.34. The number of morpholine rings is 1. The van der Waals surface area contributed by atoms with E-state index in [1.54, 1.807) is 7.11 Å². The van der Waals surface area contributed by atoms with E-state index in [-0.39, 0.29) is 6.04 Å². The van der Waals surface area contributed by atoms with Gasteiger partial charge in [0.1, 0.15) is 11.9 Å². The summed E-state index contributed by atoms with van der Waals surface area (Å²) in [6.45, 7) is 3.29. The molecule has 0 amide bonds. The van der Waals surface area contributed by atoms with Crippen molar-refractivity contribution in [3.63, 3.8) is 0 Å². The van der Waals surface area contributed by atoms with Crippen LogP contribution in [0.1, 0.15) is 17.5 Å². The summed E-state index contributed by atoms with van der Waals surface area (Å²) in [6, 6.07) is 12.0. The van der Waals surface area contributed by atoms with Gasteiger partial charge < -0.3 is 24.2 Å². The highest BCUT2D eigenvalue weighted by Gasteiger charge is 2.28. The maximum Gasteiger partial charge on any atom is 0.249 e. The zero-order valence-electron chi connectivity index (χ0n) is 15.6. The molecule has 1 saturated heterocycles. The van der Waals surface area contributed by atoms with Crippen molar-refractivity contribution in [3.8, 4) is 17.3 Å². The van der Waals surface area contributed by atoms with Crippen LogP contribution in [0.4, 0.5) is 11.5 Å². The second-order valence-corrected chi connectivity index (χ2v) is 6.87. The van der Waals surface area contributed by atoms with Crippen LogP contribution in [0, 0.1) is 0 Å². The van der Waals surface area contributed by atoms with Gasteiger partial charge in [0.2, 0.25) is 17.6 Å². The molecule has 3 aromatic rings. The lowest BCUT2D eigenvalue weighted by Gasteiger charge is -2.29. The SMILES string of the molecule is COc1ccc2c(n1)NC(c1nc(-c3cccc(N4CCOCC4)c3)no1)C2. The molecule has 0 aliphatic carbocycles.